The maximum atomic E-state index is 13.4. The van der Waals surface area contributed by atoms with Crippen LogP contribution >= 0.6 is 0 Å². The van der Waals surface area contributed by atoms with Crippen LogP contribution in [0.1, 0.15) is 40.0 Å². The molecule has 4 heteroatoms. The highest BCUT2D eigenvalue weighted by molar-refractivity contribution is 7.85. The van der Waals surface area contributed by atoms with E-state index >= 15 is 0 Å². The van der Waals surface area contributed by atoms with Crippen molar-refractivity contribution in [2.24, 2.45) is 4.40 Å². The minimum atomic E-state index is -1.32. The molecule has 1 aliphatic carbocycles. The lowest BCUT2D eigenvalue weighted by molar-refractivity contribution is 0.148. The van der Waals surface area contributed by atoms with E-state index in [-0.39, 0.29) is 0 Å². The monoisotopic (exact) mass is 205 g/mol. The second kappa shape index (κ2) is 3.48. The molecule has 0 saturated heterocycles. The standard InChI is InChI=1S/C9H16FNOS/c1-8(2,3)13(12)11-7-9(10)5-4-6-9/h7H,4-6H2,1-3H3/b11-7+/t13-/m1/s1. The minimum absolute atomic E-state index is 0.392. The number of rotatable bonds is 2. The van der Waals surface area contributed by atoms with Crippen LogP contribution in [0.3, 0.4) is 0 Å². The highest BCUT2D eigenvalue weighted by Crippen LogP contribution is 2.34. The van der Waals surface area contributed by atoms with Crippen LogP contribution in [0.4, 0.5) is 4.39 Å². The van der Waals surface area contributed by atoms with Crippen molar-refractivity contribution in [2.75, 3.05) is 0 Å². The fourth-order valence-electron chi connectivity index (χ4n) is 0.944. The van der Waals surface area contributed by atoms with E-state index in [1.165, 1.54) is 6.21 Å². The Hall–Kier alpha value is -0.250. The molecule has 0 aromatic heterocycles. The quantitative estimate of drug-likeness (QED) is 0.636. The molecule has 2 nitrogen and oxygen atoms in total. The lowest BCUT2D eigenvalue weighted by Gasteiger charge is -2.29. The van der Waals surface area contributed by atoms with E-state index in [0.717, 1.165) is 6.42 Å². The number of hydrogen-bond acceptors (Lipinski definition) is 1. The van der Waals surface area contributed by atoms with Gasteiger partial charge in [0.25, 0.3) is 0 Å². The molecule has 0 aliphatic heterocycles. The third kappa shape index (κ3) is 2.86. The van der Waals surface area contributed by atoms with E-state index in [1.54, 1.807) is 0 Å². The number of halogens is 1. The van der Waals surface area contributed by atoms with Gasteiger partial charge >= 0.3 is 0 Å². The normalized spacial score (nSPS) is 24.3. The van der Waals surface area contributed by atoms with E-state index in [0.29, 0.717) is 12.8 Å². The average Bonchev–Trinajstić information content (AvgIpc) is 1.94. The van der Waals surface area contributed by atoms with E-state index in [9.17, 15) is 8.60 Å². The van der Waals surface area contributed by atoms with Gasteiger partial charge in [-0.25, -0.2) is 8.60 Å². The van der Waals surface area contributed by atoms with Crippen LogP contribution in [0, 0.1) is 0 Å². The lowest BCUT2D eigenvalue weighted by Crippen LogP contribution is -2.34. The maximum absolute atomic E-state index is 13.4. The summed E-state index contributed by atoms with van der Waals surface area (Å²) in [4.78, 5) is 0. The SMILES string of the molecule is CC(C)(C)[S@@](=O)/N=C/C1(F)CCC1. The van der Waals surface area contributed by atoms with Crippen molar-refractivity contribution < 1.29 is 8.60 Å². The van der Waals surface area contributed by atoms with Crippen LogP contribution in [0.15, 0.2) is 4.40 Å². The molecule has 76 valence electrons. The van der Waals surface area contributed by atoms with Gasteiger partial charge < -0.3 is 0 Å². The van der Waals surface area contributed by atoms with E-state index in [1.807, 2.05) is 20.8 Å². The lowest BCUT2D eigenvalue weighted by atomic mass is 9.83. The Morgan fingerprint density at radius 3 is 2.31 bits per heavy atom. The second-order valence-corrected chi connectivity index (χ2v) is 6.42. The fourth-order valence-corrected chi connectivity index (χ4v) is 1.54. The fraction of sp³-hybridized carbons (Fsp3) is 0.889. The molecule has 1 aliphatic rings. The Morgan fingerprint density at radius 2 is 2.00 bits per heavy atom. The molecule has 13 heavy (non-hydrogen) atoms. The predicted octanol–water partition coefficient (Wildman–Crippen LogP) is 2.41. The van der Waals surface area contributed by atoms with E-state index in [2.05, 4.69) is 4.40 Å². The first-order chi connectivity index (χ1) is 5.83. The Morgan fingerprint density at radius 1 is 1.46 bits per heavy atom. The molecular formula is C9H16FNOS. The van der Waals surface area contributed by atoms with Gasteiger partial charge in [0.1, 0.15) is 16.7 Å². The number of alkyl halides is 1. The smallest absolute Gasteiger partial charge is 0.146 e. The minimum Gasteiger partial charge on any atom is -0.238 e. The molecule has 0 aromatic rings. The first-order valence-corrected chi connectivity index (χ1v) is 5.60. The molecule has 0 heterocycles. The van der Waals surface area contributed by atoms with Gasteiger partial charge in [0.2, 0.25) is 0 Å². The summed E-state index contributed by atoms with van der Waals surface area (Å²) in [7, 11) is -1.32. The Bertz CT molecular complexity index is 240. The van der Waals surface area contributed by atoms with Gasteiger partial charge in [-0.15, -0.1) is 0 Å². The van der Waals surface area contributed by atoms with Crippen LogP contribution in [0.5, 0.6) is 0 Å². The van der Waals surface area contributed by atoms with Crippen molar-refractivity contribution in [1.82, 2.24) is 0 Å². The summed E-state index contributed by atoms with van der Waals surface area (Å²) in [5.74, 6) is 0. The zero-order valence-corrected chi connectivity index (χ0v) is 9.16. The molecule has 0 bridgehead atoms. The molecule has 1 atom stereocenters. The van der Waals surface area contributed by atoms with E-state index < -0.39 is 21.4 Å². The van der Waals surface area contributed by atoms with Gasteiger partial charge in [-0.05, 0) is 40.0 Å². The van der Waals surface area contributed by atoms with Gasteiger partial charge in [0.05, 0.1) is 11.0 Å². The van der Waals surface area contributed by atoms with E-state index in [4.69, 9.17) is 0 Å². The first kappa shape index (κ1) is 10.8. The van der Waals surface area contributed by atoms with Gasteiger partial charge in [0, 0.05) is 0 Å². The Labute approximate surface area is 81.2 Å². The summed E-state index contributed by atoms with van der Waals surface area (Å²) >= 11 is 0. The van der Waals surface area contributed by atoms with Gasteiger partial charge in [-0.3, -0.25) is 0 Å². The van der Waals surface area contributed by atoms with Crippen molar-refractivity contribution >= 4 is 17.2 Å². The van der Waals surface area contributed by atoms with Crippen molar-refractivity contribution in [1.29, 1.82) is 0 Å². The van der Waals surface area contributed by atoms with Crippen LogP contribution in [0.25, 0.3) is 0 Å². The van der Waals surface area contributed by atoms with Crippen molar-refractivity contribution in [2.45, 2.75) is 50.4 Å². The summed E-state index contributed by atoms with van der Waals surface area (Å²) in [6.45, 7) is 5.48. The van der Waals surface area contributed by atoms with Gasteiger partial charge in [-0.2, -0.15) is 4.40 Å². The van der Waals surface area contributed by atoms with Crippen LogP contribution < -0.4 is 0 Å². The van der Waals surface area contributed by atoms with Crippen LogP contribution in [-0.2, 0) is 11.0 Å². The molecule has 1 saturated carbocycles. The summed E-state index contributed by atoms with van der Waals surface area (Å²) < 4.78 is 28.1. The molecule has 0 aromatic carbocycles. The average molecular weight is 205 g/mol. The highest BCUT2D eigenvalue weighted by atomic mass is 32.2. The van der Waals surface area contributed by atoms with Gasteiger partial charge in [-0.1, -0.05) is 0 Å². The topological polar surface area (TPSA) is 29.4 Å². The zero-order chi connectivity index (χ0) is 10.1. The summed E-state index contributed by atoms with van der Waals surface area (Å²) in [6.07, 6.45) is 3.19. The maximum Gasteiger partial charge on any atom is 0.146 e. The molecule has 0 N–H and O–H groups in total. The number of nitrogens with zero attached hydrogens (tertiary/aromatic N) is 1. The summed E-state index contributed by atoms with van der Waals surface area (Å²) in [6, 6.07) is 0. The molecule has 0 radical (unpaired) electrons. The van der Waals surface area contributed by atoms with Crippen LogP contribution in [0.2, 0.25) is 0 Å². The molecule has 1 fully saturated rings. The second-order valence-electron chi connectivity index (χ2n) is 4.48. The Kier molecular flexibility index (Phi) is 2.90. The molecule has 1 rings (SSSR count). The molecule has 0 unspecified atom stereocenters. The van der Waals surface area contributed by atoms with Crippen LogP contribution in [-0.4, -0.2) is 20.8 Å². The van der Waals surface area contributed by atoms with Crippen molar-refractivity contribution in [3.8, 4) is 0 Å². The predicted molar refractivity (Wildman–Crippen MR) is 54.1 cm³/mol. The summed E-state index contributed by atoms with van der Waals surface area (Å²) in [5, 5.41) is 0. The number of hydrogen-bond donors (Lipinski definition) is 0. The largest absolute Gasteiger partial charge is 0.238 e. The molecular weight excluding hydrogens is 189 g/mol. The molecule has 0 spiro atoms. The zero-order valence-electron chi connectivity index (χ0n) is 8.34. The summed E-state index contributed by atoms with van der Waals surface area (Å²) in [5.41, 5.74) is -1.26. The Balaban J connectivity index is 2.53. The third-order valence-corrected chi connectivity index (χ3v) is 3.43. The third-order valence-electron chi connectivity index (χ3n) is 2.09. The molecule has 0 amide bonds. The van der Waals surface area contributed by atoms with Gasteiger partial charge in [0.15, 0.2) is 0 Å². The van der Waals surface area contributed by atoms with Crippen molar-refractivity contribution in [3.63, 3.8) is 0 Å². The highest BCUT2D eigenvalue weighted by Gasteiger charge is 2.35. The first-order valence-electron chi connectivity index (χ1n) is 4.50. The van der Waals surface area contributed by atoms with Crippen molar-refractivity contribution in [3.05, 3.63) is 0 Å².